The van der Waals surface area contributed by atoms with Gasteiger partial charge in [-0.05, 0) is 51.0 Å². The summed E-state index contributed by atoms with van der Waals surface area (Å²) in [5.74, 6) is 0.678. The standard InChI is InChI=1S/C26H34O7/c1-18(2)12-13-31-24-17-32-22-11-10-19(14-23(22)33-26(24,3)4)8-7-9-20(15-27)21(16-29-5)25(28)30-6/h7-12,14,16,24,27H,13,15,17H2,1-6H3/b8-7+,20-9-,21-16+/t24-/m0/s1. The first kappa shape index (κ1) is 26.2. The average Bonchev–Trinajstić information content (AvgIpc) is 2.89. The van der Waals surface area contributed by atoms with Crippen LogP contribution in [0.5, 0.6) is 11.5 Å². The van der Waals surface area contributed by atoms with Crippen molar-refractivity contribution in [1.82, 2.24) is 0 Å². The highest BCUT2D eigenvalue weighted by Gasteiger charge is 2.36. The SMILES string of the molecule is CO\C=C(C(=O)OC)/C(=C\C=C\c1ccc2c(c1)OC(C)(C)[C@@H](OCC=C(C)C)CO2)CO. The number of methoxy groups -OCH3 is 2. The van der Waals surface area contributed by atoms with Crippen LogP contribution < -0.4 is 9.47 Å². The lowest BCUT2D eigenvalue weighted by Crippen LogP contribution is -2.45. The van der Waals surface area contributed by atoms with Gasteiger partial charge in [0.05, 0.1) is 39.3 Å². The van der Waals surface area contributed by atoms with E-state index in [4.69, 9.17) is 23.7 Å². The second-order valence-electron chi connectivity index (χ2n) is 8.29. The lowest BCUT2D eigenvalue weighted by molar-refractivity contribution is -0.136. The zero-order valence-corrected chi connectivity index (χ0v) is 20.2. The largest absolute Gasteiger partial charge is 0.503 e. The summed E-state index contributed by atoms with van der Waals surface area (Å²) in [4.78, 5) is 11.9. The van der Waals surface area contributed by atoms with Gasteiger partial charge in [0.1, 0.15) is 18.3 Å². The van der Waals surface area contributed by atoms with Crippen molar-refractivity contribution in [3.63, 3.8) is 0 Å². The third kappa shape index (κ3) is 7.51. The maximum absolute atomic E-state index is 11.9. The minimum atomic E-state index is -0.593. The number of aliphatic hydroxyl groups is 1. The molecule has 0 radical (unpaired) electrons. The highest BCUT2D eigenvalue weighted by atomic mass is 16.6. The molecule has 0 saturated heterocycles. The summed E-state index contributed by atoms with van der Waals surface area (Å²) < 4.78 is 27.9. The van der Waals surface area contributed by atoms with Crippen molar-refractivity contribution in [2.45, 2.75) is 39.4 Å². The Kier molecular flexibility index (Phi) is 9.75. The van der Waals surface area contributed by atoms with Crippen molar-refractivity contribution < 1.29 is 33.6 Å². The van der Waals surface area contributed by atoms with Crippen molar-refractivity contribution >= 4 is 12.0 Å². The Bertz CT molecular complexity index is 934. The molecule has 0 bridgehead atoms. The summed E-state index contributed by atoms with van der Waals surface area (Å²) in [6.07, 6.45) is 8.22. The molecular formula is C26H34O7. The zero-order valence-electron chi connectivity index (χ0n) is 20.2. The fourth-order valence-electron chi connectivity index (χ4n) is 3.11. The Hall–Kier alpha value is -3.03. The first-order valence-electron chi connectivity index (χ1n) is 10.7. The summed E-state index contributed by atoms with van der Waals surface area (Å²) in [5, 5.41) is 9.67. The number of esters is 1. The lowest BCUT2D eigenvalue weighted by atomic mass is 10.0. The molecule has 7 heteroatoms. The van der Waals surface area contributed by atoms with Crippen LogP contribution in [0.15, 0.2) is 59.4 Å². The number of aliphatic hydroxyl groups excluding tert-OH is 1. The van der Waals surface area contributed by atoms with Gasteiger partial charge in [-0.3, -0.25) is 0 Å². The number of carbonyl (C=O) groups is 1. The monoisotopic (exact) mass is 458 g/mol. The highest BCUT2D eigenvalue weighted by molar-refractivity contribution is 5.93. The Morgan fingerprint density at radius 2 is 2.00 bits per heavy atom. The van der Waals surface area contributed by atoms with Gasteiger partial charge in [-0.25, -0.2) is 4.79 Å². The topological polar surface area (TPSA) is 83.5 Å². The van der Waals surface area contributed by atoms with Gasteiger partial charge >= 0.3 is 5.97 Å². The summed E-state index contributed by atoms with van der Waals surface area (Å²) in [6.45, 7) is 8.55. The molecular weight excluding hydrogens is 424 g/mol. The molecule has 1 heterocycles. The molecule has 0 saturated carbocycles. The van der Waals surface area contributed by atoms with E-state index in [-0.39, 0.29) is 18.3 Å². The molecule has 33 heavy (non-hydrogen) atoms. The Balaban J connectivity index is 2.20. The van der Waals surface area contributed by atoms with Gasteiger partial charge < -0.3 is 28.8 Å². The Morgan fingerprint density at radius 1 is 1.24 bits per heavy atom. The maximum Gasteiger partial charge on any atom is 0.341 e. The molecule has 0 aromatic heterocycles. The zero-order chi connectivity index (χ0) is 24.4. The molecule has 1 N–H and O–H groups in total. The van der Waals surface area contributed by atoms with Crippen LogP contribution in [0.1, 0.15) is 33.3 Å². The predicted octanol–water partition coefficient (Wildman–Crippen LogP) is 4.22. The number of carbonyl (C=O) groups excluding carboxylic acids is 1. The minimum absolute atomic E-state index is 0.145. The number of hydrogen-bond donors (Lipinski definition) is 1. The normalized spacial score (nSPS) is 18.0. The van der Waals surface area contributed by atoms with Crippen LogP contribution in [0.3, 0.4) is 0 Å². The van der Waals surface area contributed by atoms with E-state index in [1.807, 2.05) is 58.0 Å². The molecule has 1 aliphatic rings. The number of ether oxygens (including phenoxy) is 5. The van der Waals surface area contributed by atoms with E-state index in [2.05, 4.69) is 0 Å². The van der Waals surface area contributed by atoms with Crippen LogP contribution >= 0.6 is 0 Å². The summed E-state index contributed by atoms with van der Waals surface area (Å²) >= 11 is 0. The van der Waals surface area contributed by atoms with Crippen LogP contribution in [0.4, 0.5) is 0 Å². The summed E-state index contributed by atoms with van der Waals surface area (Å²) in [6, 6.07) is 5.63. The molecule has 1 atom stereocenters. The maximum atomic E-state index is 11.9. The van der Waals surface area contributed by atoms with Crippen LogP contribution in [-0.4, -0.2) is 56.8 Å². The summed E-state index contributed by atoms with van der Waals surface area (Å²) in [5.41, 5.74) is 1.98. The van der Waals surface area contributed by atoms with E-state index in [0.717, 1.165) is 5.56 Å². The first-order valence-corrected chi connectivity index (χ1v) is 10.7. The van der Waals surface area contributed by atoms with E-state index in [1.54, 1.807) is 12.2 Å². The van der Waals surface area contributed by atoms with Gasteiger partial charge in [-0.15, -0.1) is 0 Å². The first-order chi connectivity index (χ1) is 15.7. The van der Waals surface area contributed by atoms with E-state index >= 15 is 0 Å². The molecule has 0 fully saturated rings. The van der Waals surface area contributed by atoms with Crippen molar-refractivity contribution in [3.8, 4) is 11.5 Å². The second kappa shape index (κ2) is 12.3. The third-order valence-corrected chi connectivity index (χ3v) is 5.04. The number of allylic oxidation sites excluding steroid dienone is 3. The number of fused-ring (bicyclic) bond motifs is 1. The highest BCUT2D eigenvalue weighted by Crippen LogP contribution is 2.36. The fraction of sp³-hybridized carbons (Fsp3) is 0.423. The molecule has 0 unspecified atom stereocenters. The number of rotatable bonds is 9. The molecule has 7 nitrogen and oxygen atoms in total. The van der Waals surface area contributed by atoms with Gasteiger partial charge in [0.2, 0.25) is 0 Å². The van der Waals surface area contributed by atoms with E-state index in [0.29, 0.717) is 30.3 Å². The van der Waals surface area contributed by atoms with E-state index in [1.165, 1.54) is 26.1 Å². The van der Waals surface area contributed by atoms with Crippen molar-refractivity contribution in [3.05, 3.63) is 65.0 Å². The van der Waals surface area contributed by atoms with Gasteiger partial charge in [-0.1, -0.05) is 35.9 Å². The quantitative estimate of drug-likeness (QED) is 0.195. The van der Waals surface area contributed by atoms with Crippen LogP contribution in [0, 0.1) is 0 Å². The molecule has 2 rings (SSSR count). The fourth-order valence-corrected chi connectivity index (χ4v) is 3.11. The Morgan fingerprint density at radius 3 is 2.64 bits per heavy atom. The van der Waals surface area contributed by atoms with Crippen molar-refractivity contribution in [1.29, 1.82) is 0 Å². The van der Waals surface area contributed by atoms with Gasteiger partial charge in [0.25, 0.3) is 0 Å². The minimum Gasteiger partial charge on any atom is -0.503 e. The van der Waals surface area contributed by atoms with Crippen molar-refractivity contribution in [2.75, 3.05) is 34.0 Å². The van der Waals surface area contributed by atoms with Crippen molar-refractivity contribution in [2.24, 2.45) is 0 Å². The van der Waals surface area contributed by atoms with Crippen LogP contribution in [0.2, 0.25) is 0 Å². The number of hydrogen-bond acceptors (Lipinski definition) is 7. The molecule has 0 aliphatic carbocycles. The van der Waals surface area contributed by atoms with E-state index < -0.39 is 11.6 Å². The third-order valence-electron chi connectivity index (χ3n) is 5.04. The second-order valence-corrected chi connectivity index (χ2v) is 8.29. The van der Waals surface area contributed by atoms with Crippen LogP contribution in [-0.2, 0) is 19.0 Å². The average molecular weight is 459 g/mol. The molecule has 1 aromatic rings. The van der Waals surface area contributed by atoms with Gasteiger partial charge in [-0.2, -0.15) is 0 Å². The summed E-state index contributed by atoms with van der Waals surface area (Å²) in [7, 11) is 2.69. The predicted molar refractivity (Wildman–Crippen MR) is 127 cm³/mol. The van der Waals surface area contributed by atoms with Gasteiger partial charge in [0.15, 0.2) is 11.5 Å². The van der Waals surface area contributed by atoms with Gasteiger partial charge in [0, 0.05) is 0 Å². The molecule has 1 aliphatic heterocycles. The van der Waals surface area contributed by atoms with Crippen LogP contribution in [0.25, 0.3) is 6.08 Å². The lowest BCUT2D eigenvalue weighted by Gasteiger charge is -2.31. The Labute approximate surface area is 195 Å². The molecule has 0 amide bonds. The smallest absolute Gasteiger partial charge is 0.341 e. The molecule has 1 aromatic carbocycles. The number of benzene rings is 1. The van der Waals surface area contributed by atoms with E-state index in [9.17, 15) is 9.90 Å². The molecule has 0 spiro atoms. The molecule has 180 valence electrons.